The van der Waals surface area contributed by atoms with E-state index in [0.717, 1.165) is 35.1 Å². The molecule has 3 atom stereocenters. The van der Waals surface area contributed by atoms with Crippen LogP contribution < -0.4 is 9.47 Å². The Morgan fingerprint density at radius 2 is 1.80 bits per heavy atom. The number of hydrogen-bond donors (Lipinski definition) is 0. The monoisotopic (exact) mass is 583 g/mol. The van der Waals surface area contributed by atoms with E-state index in [1.165, 1.54) is 6.07 Å². The highest BCUT2D eigenvalue weighted by molar-refractivity contribution is 7.58. The Balaban J connectivity index is 1.62. The predicted octanol–water partition coefficient (Wildman–Crippen LogP) is 8.65. The lowest BCUT2D eigenvalue weighted by molar-refractivity contribution is 0.0155. The number of methoxy groups -OCH3 is 2. The van der Waals surface area contributed by atoms with Crippen LogP contribution in [0, 0.1) is 17.2 Å². The van der Waals surface area contributed by atoms with Crippen molar-refractivity contribution >= 4 is 7.37 Å². The van der Waals surface area contributed by atoms with E-state index < -0.39 is 7.37 Å². The molecular weight excluding hydrogens is 540 g/mol. The van der Waals surface area contributed by atoms with Crippen molar-refractivity contribution in [2.24, 2.45) is 11.3 Å². The fourth-order valence-electron chi connectivity index (χ4n) is 5.55. The molecule has 0 amide bonds. The zero-order chi connectivity index (χ0) is 29.8. The lowest BCUT2D eigenvalue weighted by atomic mass is 9.81. The maximum atomic E-state index is 15.1. The third-order valence-electron chi connectivity index (χ3n) is 7.58. The van der Waals surface area contributed by atoms with E-state index in [0.29, 0.717) is 35.9 Å². The summed E-state index contributed by atoms with van der Waals surface area (Å²) in [5.41, 5.74) is 3.83. The first-order valence-corrected chi connectivity index (χ1v) is 16.5. The van der Waals surface area contributed by atoms with Gasteiger partial charge in [-0.2, -0.15) is 0 Å². The number of rotatable bonds is 13. The van der Waals surface area contributed by atoms with Gasteiger partial charge in [0.25, 0.3) is 0 Å². The molecule has 0 spiro atoms. The van der Waals surface area contributed by atoms with Crippen molar-refractivity contribution in [3.8, 4) is 22.8 Å². The van der Waals surface area contributed by atoms with E-state index in [1.54, 1.807) is 39.2 Å². The summed E-state index contributed by atoms with van der Waals surface area (Å²) in [5.74, 6) is 1.43. The molecule has 1 unspecified atom stereocenters. The summed E-state index contributed by atoms with van der Waals surface area (Å²) in [6.07, 6.45) is 4.24. The average Bonchev–Trinajstić information content (AvgIpc) is 3.76. The van der Waals surface area contributed by atoms with Gasteiger partial charge in [0.05, 0.1) is 19.8 Å². The Kier molecular flexibility index (Phi) is 9.94. The molecule has 6 nitrogen and oxygen atoms in total. The van der Waals surface area contributed by atoms with Crippen LogP contribution in [-0.4, -0.2) is 38.6 Å². The standard InChI is InChI=1S/C33H43FNO5P/c1-8-40-41(7,36)21-29(23-10-11-23)24-15-16-35-31(18-24)39-20-22-9-13-26(27-19-25(37-5)12-14-30(27)34)28(17-22)32(38-6)33(2,3)4/h9,12-19,23,29,32H,8,10-11,20-21H2,1-7H3/t29-,32+,41?/m0/s1. The van der Waals surface area contributed by atoms with E-state index in [4.69, 9.17) is 18.7 Å². The molecule has 1 aromatic heterocycles. The third-order valence-corrected chi connectivity index (χ3v) is 9.44. The van der Waals surface area contributed by atoms with Gasteiger partial charge in [0.2, 0.25) is 13.2 Å². The first kappa shape index (κ1) is 31.2. The minimum atomic E-state index is -2.69. The lowest BCUT2D eigenvalue weighted by Gasteiger charge is -2.32. The van der Waals surface area contributed by atoms with Crippen LogP contribution in [0.1, 0.15) is 69.2 Å². The number of halogens is 1. The normalized spacial score (nSPS) is 16.6. The first-order valence-electron chi connectivity index (χ1n) is 14.2. The molecule has 1 fully saturated rings. The molecule has 0 bridgehead atoms. The summed E-state index contributed by atoms with van der Waals surface area (Å²) in [6.45, 7) is 10.6. The number of aromatic nitrogens is 1. The van der Waals surface area contributed by atoms with E-state index in [9.17, 15) is 4.57 Å². The van der Waals surface area contributed by atoms with Gasteiger partial charge in [-0.15, -0.1) is 0 Å². The van der Waals surface area contributed by atoms with Crippen molar-refractivity contribution in [3.05, 3.63) is 77.2 Å². The van der Waals surface area contributed by atoms with E-state index in [2.05, 4.69) is 25.8 Å². The summed E-state index contributed by atoms with van der Waals surface area (Å²) in [7, 11) is 0.563. The van der Waals surface area contributed by atoms with E-state index in [1.807, 2.05) is 37.3 Å². The molecule has 0 radical (unpaired) electrons. The molecule has 0 saturated heterocycles. The Morgan fingerprint density at radius 3 is 2.44 bits per heavy atom. The predicted molar refractivity (Wildman–Crippen MR) is 162 cm³/mol. The van der Waals surface area contributed by atoms with Crippen LogP contribution in [0.25, 0.3) is 11.1 Å². The van der Waals surface area contributed by atoms with Crippen LogP contribution in [0.15, 0.2) is 54.7 Å². The summed E-state index contributed by atoms with van der Waals surface area (Å²) in [6, 6.07) is 14.6. The molecule has 222 valence electrons. The molecule has 0 aliphatic heterocycles. The Morgan fingerprint density at radius 1 is 1.05 bits per heavy atom. The van der Waals surface area contributed by atoms with E-state index >= 15 is 4.39 Å². The van der Waals surface area contributed by atoms with Crippen molar-refractivity contribution in [3.63, 3.8) is 0 Å². The van der Waals surface area contributed by atoms with Crippen LogP contribution in [0.3, 0.4) is 0 Å². The van der Waals surface area contributed by atoms with Crippen molar-refractivity contribution in [1.29, 1.82) is 0 Å². The van der Waals surface area contributed by atoms with Crippen LogP contribution in [0.5, 0.6) is 11.6 Å². The second-order valence-electron chi connectivity index (χ2n) is 12.0. The Bertz CT molecular complexity index is 1380. The smallest absolute Gasteiger partial charge is 0.213 e. The summed E-state index contributed by atoms with van der Waals surface area (Å²) in [4.78, 5) is 4.45. The number of pyridine rings is 1. The van der Waals surface area contributed by atoms with Gasteiger partial charge in [-0.05, 0) is 89.6 Å². The second kappa shape index (κ2) is 13.1. The molecule has 3 aromatic rings. The zero-order valence-electron chi connectivity index (χ0n) is 25.3. The van der Waals surface area contributed by atoms with Crippen LogP contribution in [0.2, 0.25) is 0 Å². The highest BCUT2D eigenvalue weighted by Crippen LogP contribution is 2.53. The minimum absolute atomic E-state index is 0.153. The van der Waals surface area contributed by atoms with Gasteiger partial charge < -0.3 is 18.7 Å². The number of nitrogens with zero attached hydrogens (tertiary/aromatic N) is 1. The highest BCUT2D eigenvalue weighted by Gasteiger charge is 2.36. The maximum absolute atomic E-state index is 15.1. The number of hydrogen-bond acceptors (Lipinski definition) is 6. The quantitative estimate of drug-likeness (QED) is 0.188. The zero-order valence-corrected chi connectivity index (χ0v) is 26.2. The molecule has 1 aliphatic carbocycles. The van der Waals surface area contributed by atoms with Crippen molar-refractivity contribution in [1.82, 2.24) is 4.98 Å². The second-order valence-corrected chi connectivity index (χ2v) is 14.7. The summed E-state index contributed by atoms with van der Waals surface area (Å²) < 4.78 is 51.1. The average molecular weight is 584 g/mol. The molecule has 41 heavy (non-hydrogen) atoms. The van der Waals surface area contributed by atoms with Crippen LogP contribution in [0.4, 0.5) is 4.39 Å². The summed E-state index contributed by atoms with van der Waals surface area (Å²) in [5, 5.41) is 0. The van der Waals surface area contributed by atoms with Crippen molar-refractivity contribution < 1.29 is 27.7 Å². The van der Waals surface area contributed by atoms with Gasteiger partial charge in [0.15, 0.2) is 0 Å². The Labute approximate surface area is 244 Å². The molecule has 2 aromatic carbocycles. The Hall–Kier alpha value is -2.73. The third kappa shape index (κ3) is 7.97. The SMILES string of the molecule is CCOP(C)(=O)C[C@H](c1ccnc(OCc2ccc(-c3cc(OC)ccc3F)c([C@@H](OC)C(C)(C)C)c2)c1)C1CC1. The topological polar surface area (TPSA) is 66.9 Å². The van der Waals surface area contributed by atoms with Gasteiger partial charge in [-0.25, -0.2) is 9.37 Å². The molecular formula is C33H43FNO5P. The summed E-state index contributed by atoms with van der Waals surface area (Å²) >= 11 is 0. The molecule has 1 saturated carbocycles. The number of ether oxygens (including phenoxy) is 3. The number of benzene rings is 2. The van der Waals surface area contributed by atoms with Crippen LogP contribution in [-0.2, 0) is 20.4 Å². The van der Waals surface area contributed by atoms with E-state index in [-0.39, 0.29) is 29.9 Å². The van der Waals surface area contributed by atoms with Gasteiger partial charge in [0, 0.05) is 37.8 Å². The maximum Gasteiger partial charge on any atom is 0.213 e. The largest absolute Gasteiger partial charge is 0.497 e. The molecule has 1 heterocycles. The van der Waals surface area contributed by atoms with Gasteiger partial charge in [-0.3, -0.25) is 4.57 Å². The molecule has 4 rings (SSSR count). The fraction of sp³-hybridized carbons (Fsp3) is 0.485. The minimum Gasteiger partial charge on any atom is -0.497 e. The lowest BCUT2D eigenvalue weighted by Crippen LogP contribution is -2.21. The van der Waals surface area contributed by atoms with Crippen molar-refractivity contribution in [2.75, 3.05) is 33.7 Å². The fourth-order valence-corrected chi connectivity index (χ4v) is 7.42. The molecule has 1 aliphatic rings. The molecule has 0 N–H and O–H groups in total. The highest BCUT2D eigenvalue weighted by atomic mass is 31.2. The van der Waals surface area contributed by atoms with Crippen molar-refractivity contribution in [2.45, 2.75) is 59.2 Å². The van der Waals surface area contributed by atoms with Gasteiger partial charge >= 0.3 is 0 Å². The molecule has 8 heteroatoms. The van der Waals surface area contributed by atoms with Gasteiger partial charge in [-0.1, -0.05) is 32.9 Å². The van der Waals surface area contributed by atoms with Crippen LogP contribution >= 0.6 is 7.37 Å². The first-order chi connectivity index (χ1) is 19.5. The van der Waals surface area contributed by atoms with Gasteiger partial charge in [0.1, 0.15) is 18.2 Å².